The Labute approximate surface area is 196 Å². The number of thioether (sulfide) groups is 1. The first-order chi connectivity index (χ1) is 14.3. The molecule has 0 bridgehead atoms. The number of benzene rings is 2. The molecule has 0 aromatic heterocycles. The number of rotatable bonds is 6. The summed E-state index contributed by atoms with van der Waals surface area (Å²) in [5, 5.41) is 0.457. The number of hydrogen-bond donors (Lipinski definition) is 0. The summed E-state index contributed by atoms with van der Waals surface area (Å²) < 4.78 is 11.7. The quantitative estimate of drug-likeness (QED) is 0.340. The van der Waals surface area contributed by atoms with E-state index < -0.39 is 11.1 Å². The smallest absolute Gasteiger partial charge is 0.293 e. The maximum Gasteiger partial charge on any atom is 0.293 e. The highest BCUT2D eigenvalue weighted by Gasteiger charge is 2.35. The fraction of sp³-hybridized carbons (Fsp3) is 0.143. The van der Waals surface area contributed by atoms with Crippen LogP contribution < -0.4 is 9.47 Å². The van der Waals surface area contributed by atoms with Crippen molar-refractivity contribution in [2.75, 3.05) is 13.7 Å². The van der Waals surface area contributed by atoms with Crippen LogP contribution in [0.3, 0.4) is 0 Å². The molecule has 0 N–H and O–H groups in total. The molecular formula is C21H14BrCl2NO4S. The molecule has 1 saturated heterocycles. The fourth-order valence-electron chi connectivity index (χ4n) is 2.71. The minimum atomic E-state index is -0.433. The third kappa shape index (κ3) is 4.96. The molecule has 0 spiro atoms. The highest BCUT2D eigenvalue weighted by Crippen LogP contribution is 2.40. The van der Waals surface area contributed by atoms with Crippen molar-refractivity contribution in [3.05, 3.63) is 60.9 Å². The lowest BCUT2D eigenvalue weighted by Gasteiger charge is -2.14. The summed E-state index contributed by atoms with van der Waals surface area (Å²) >= 11 is 16.3. The van der Waals surface area contributed by atoms with Crippen LogP contribution in [-0.2, 0) is 11.3 Å². The molecule has 1 fully saturated rings. The van der Waals surface area contributed by atoms with E-state index in [0.717, 1.165) is 16.7 Å². The summed E-state index contributed by atoms with van der Waals surface area (Å²) in [7, 11) is 1.50. The van der Waals surface area contributed by atoms with E-state index in [4.69, 9.17) is 39.1 Å². The number of imide groups is 1. The zero-order chi connectivity index (χ0) is 21.8. The minimum absolute atomic E-state index is 0.0232. The molecule has 0 unspecified atom stereocenters. The summed E-state index contributed by atoms with van der Waals surface area (Å²) in [5.41, 5.74) is 1.17. The van der Waals surface area contributed by atoms with Gasteiger partial charge in [0.2, 0.25) is 0 Å². The van der Waals surface area contributed by atoms with E-state index in [9.17, 15) is 9.59 Å². The number of methoxy groups -OCH3 is 1. The molecule has 0 saturated carbocycles. The Morgan fingerprint density at radius 3 is 2.70 bits per heavy atom. The Morgan fingerprint density at radius 1 is 1.27 bits per heavy atom. The topological polar surface area (TPSA) is 55.8 Å². The maximum absolute atomic E-state index is 12.9. The standard InChI is InChI=1S/C21H14BrCl2NO4S/c1-3-6-29-19-13(7-14(22)9-17(19)28-2)8-18-20(26)25(21(27)30-18)11-12-4-5-15(23)10-16(12)24/h1,4-5,7-10H,6,11H2,2H3/b18-8+. The van der Waals surface area contributed by atoms with Gasteiger partial charge in [0.25, 0.3) is 11.1 Å². The maximum atomic E-state index is 12.9. The van der Waals surface area contributed by atoms with Crippen LogP contribution in [-0.4, -0.2) is 29.8 Å². The molecule has 1 aliphatic heterocycles. The number of halogens is 3. The van der Waals surface area contributed by atoms with Crippen LogP contribution >= 0.6 is 50.9 Å². The summed E-state index contributed by atoms with van der Waals surface area (Å²) in [6, 6.07) is 8.37. The van der Waals surface area contributed by atoms with Gasteiger partial charge in [0.1, 0.15) is 6.61 Å². The van der Waals surface area contributed by atoms with Gasteiger partial charge in [-0.05, 0) is 47.7 Å². The number of carbonyl (C=O) groups excluding carboxylic acids is 2. The Hall–Kier alpha value is -2.11. The van der Waals surface area contributed by atoms with E-state index in [0.29, 0.717) is 37.1 Å². The Kier molecular flexibility index (Phi) is 7.37. The van der Waals surface area contributed by atoms with Crippen LogP contribution in [0.25, 0.3) is 6.08 Å². The molecule has 1 heterocycles. The average Bonchev–Trinajstić information content (AvgIpc) is 2.96. The van der Waals surface area contributed by atoms with Crippen LogP contribution in [0.5, 0.6) is 11.5 Å². The van der Waals surface area contributed by atoms with Crippen molar-refractivity contribution in [2.45, 2.75) is 6.54 Å². The zero-order valence-electron chi connectivity index (χ0n) is 15.6. The van der Waals surface area contributed by atoms with Crippen LogP contribution in [0, 0.1) is 12.3 Å². The van der Waals surface area contributed by atoms with E-state index in [2.05, 4.69) is 21.9 Å². The Bertz CT molecular complexity index is 1100. The van der Waals surface area contributed by atoms with E-state index in [1.54, 1.807) is 36.4 Å². The largest absolute Gasteiger partial charge is 0.493 e. The first-order valence-corrected chi connectivity index (χ1v) is 10.8. The molecule has 0 atom stereocenters. The first kappa shape index (κ1) is 22.6. The van der Waals surface area contributed by atoms with Crippen LogP contribution in [0.2, 0.25) is 10.0 Å². The van der Waals surface area contributed by atoms with Crippen molar-refractivity contribution >= 4 is 68.1 Å². The summed E-state index contributed by atoms with van der Waals surface area (Å²) in [6.45, 7) is 0.0651. The lowest BCUT2D eigenvalue weighted by molar-refractivity contribution is -0.123. The van der Waals surface area contributed by atoms with Crippen molar-refractivity contribution in [1.29, 1.82) is 0 Å². The lowest BCUT2D eigenvalue weighted by atomic mass is 10.1. The van der Waals surface area contributed by atoms with Gasteiger partial charge < -0.3 is 9.47 Å². The van der Waals surface area contributed by atoms with E-state index >= 15 is 0 Å². The number of terminal acetylenes is 1. The van der Waals surface area contributed by atoms with Gasteiger partial charge in [0.15, 0.2) is 11.5 Å². The molecule has 2 aromatic rings. The van der Waals surface area contributed by atoms with Gasteiger partial charge in [-0.1, -0.05) is 51.1 Å². The highest BCUT2D eigenvalue weighted by atomic mass is 79.9. The first-order valence-electron chi connectivity index (χ1n) is 8.47. The van der Waals surface area contributed by atoms with Crippen molar-refractivity contribution in [2.24, 2.45) is 0 Å². The van der Waals surface area contributed by atoms with Crippen LogP contribution in [0.4, 0.5) is 4.79 Å². The van der Waals surface area contributed by atoms with Gasteiger partial charge in [0.05, 0.1) is 18.6 Å². The van der Waals surface area contributed by atoms with E-state index in [1.165, 1.54) is 7.11 Å². The summed E-state index contributed by atoms with van der Waals surface area (Å²) in [4.78, 5) is 26.8. The minimum Gasteiger partial charge on any atom is -0.493 e. The van der Waals surface area contributed by atoms with Crippen LogP contribution in [0.15, 0.2) is 39.7 Å². The van der Waals surface area contributed by atoms with Crippen LogP contribution in [0.1, 0.15) is 11.1 Å². The van der Waals surface area contributed by atoms with Gasteiger partial charge in [0, 0.05) is 20.1 Å². The number of ether oxygens (including phenoxy) is 2. The summed E-state index contributed by atoms with van der Waals surface area (Å²) in [5.74, 6) is 2.79. The van der Waals surface area contributed by atoms with E-state index in [-0.39, 0.29) is 18.1 Å². The normalized spacial score (nSPS) is 14.9. The molecule has 0 radical (unpaired) electrons. The monoisotopic (exact) mass is 525 g/mol. The van der Waals surface area contributed by atoms with Gasteiger partial charge >= 0.3 is 0 Å². The summed E-state index contributed by atoms with van der Waals surface area (Å²) in [6.07, 6.45) is 6.87. The van der Waals surface area contributed by atoms with Crippen molar-refractivity contribution in [3.8, 4) is 23.8 Å². The van der Waals surface area contributed by atoms with Crippen molar-refractivity contribution in [1.82, 2.24) is 4.90 Å². The molecule has 30 heavy (non-hydrogen) atoms. The zero-order valence-corrected chi connectivity index (χ0v) is 19.5. The molecule has 3 rings (SSSR count). The molecule has 1 aliphatic rings. The Balaban J connectivity index is 1.93. The molecule has 0 aliphatic carbocycles. The second kappa shape index (κ2) is 9.80. The number of nitrogens with zero attached hydrogens (tertiary/aromatic N) is 1. The molecule has 5 nitrogen and oxygen atoms in total. The van der Waals surface area contributed by atoms with Gasteiger partial charge in [-0.25, -0.2) is 0 Å². The van der Waals surface area contributed by atoms with Crippen molar-refractivity contribution in [3.63, 3.8) is 0 Å². The number of hydrogen-bond acceptors (Lipinski definition) is 5. The van der Waals surface area contributed by atoms with Gasteiger partial charge in [-0.3, -0.25) is 14.5 Å². The molecule has 9 heteroatoms. The fourth-order valence-corrected chi connectivity index (χ4v) is 4.47. The molecule has 2 aromatic carbocycles. The van der Waals surface area contributed by atoms with Gasteiger partial charge in [-0.15, -0.1) is 6.42 Å². The molecule has 2 amide bonds. The third-order valence-electron chi connectivity index (χ3n) is 4.07. The SMILES string of the molecule is C#CCOc1c(/C=C2/SC(=O)N(Cc3ccc(Cl)cc3Cl)C2=O)cc(Br)cc1OC. The van der Waals surface area contributed by atoms with Crippen molar-refractivity contribution < 1.29 is 19.1 Å². The molecule has 154 valence electrons. The predicted molar refractivity (Wildman–Crippen MR) is 123 cm³/mol. The highest BCUT2D eigenvalue weighted by molar-refractivity contribution is 9.10. The van der Waals surface area contributed by atoms with E-state index in [1.807, 2.05) is 0 Å². The molecular weight excluding hydrogens is 513 g/mol. The lowest BCUT2D eigenvalue weighted by Crippen LogP contribution is -2.27. The predicted octanol–water partition coefficient (Wildman–Crippen LogP) is 6.01. The second-order valence-electron chi connectivity index (χ2n) is 6.02. The Morgan fingerprint density at radius 2 is 2.03 bits per heavy atom. The second-order valence-corrected chi connectivity index (χ2v) is 8.78. The van der Waals surface area contributed by atoms with Gasteiger partial charge in [-0.2, -0.15) is 0 Å². The third-order valence-corrected chi connectivity index (χ3v) is 6.02. The average molecular weight is 527 g/mol. The number of carbonyl (C=O) groups is 2. The number of amides is 2.